The van der Waals surface area contributed by atoms with E-state index in [0.717, 1.165) is 81.5 Å². The molecule has 330 valence electrons. The lowest BCUT2D eigenvalue weighted by Gasteiger charge is -2.13. The number of aryl methyl sites for hydroxylation is 1. The van der Waals surface area contributed by atoms with Gasteiger partial charge in [0.2, 0.25) is 0 Å². The third-order valence-corrected chi connectivity index (χ3v) is 11.2. The molecule has 9 aromatic rings. The van der Waals surface area contributed by atoms with Crippen LogP contribution in [-0.2, 0) is 6.42 Å². The summed E-state index contributed by atoms with van der Waals surface area (Å²) in [5.41, 5.74) is 13.2. The molecule has 0 spiro atoms. The van der Waals surface area contributed by atoms with Crippen molar-refractivity contribution in [3.8, 4) is 56.3 Å². The molecule has 2 aliphatic rings. The van der Waals surface area contributed by atoms with Crippen molar-refractivity contribution in [3.05, 3.63) is 174 Å². The Morgan fingerprint density at radius 2 is 0.985 bits per heavy atom. The van der Waals surface area contributed by atoms with Crippen molar-refractivity contribution >= 4 is 57.9 Å². The Morgan fingerprint density at radius 1 is 0.446 bits per heavy atom. The fraction of sp³-hybridized carbons (Fsp3) is 0.217. The van der Waals surface area contributed by atoms with Crippen LogP contribution in [0.5, 0.6) is 0 Å². The Labute approximate surface area is 392 Å². The lowest BCUT2D eigenvalue weighted by atomic mass is 9.98. The van der Waals surface area contributed by atoms with Crippen LogP contribution in [0.2, 0.25) is 0 Å². The van der Waals surface area contributed by atoms with Crippen LogP contribution in [0.4, 0.5) is 0 Å². The molecule has 0 N–H and O–H groups in total. The zero-order valence-electron chi connectivity index (χ0n) is 39.7. The van der Waals surface area contributed by atoms with E-state index in [-0.39, 0.29) is 0 Å². The molecule has 0 saturated heterocycles. The Hall–Kier alpha value is -6.56. The third kappa shape index (κ3) is 10.2. The van der Waals surface area contributed by atoms with Crippen LogP contribution in [0, 0.1) is 0 Å². The van der Waals surface area contributed by atoms with E-state index in [1.165, 1.54) is 43.7 Å². The zero-order chi connectivity index (χ0) is 46.3. The van der Waals surface area contributed by atoms with Gasteiger partial charge in [-0.25, -0.2) is 15.0 Å². The summed E-state index contributed by atoms with van der Waals surface area (Å²) in [6.07, 6.45) is 15.2. The van der Waals surface area contributed by atoms with Crippen molar-refractivity contribution in [2.24, 2.45) is 0 Å². The normalized spacial score (nSPS) is 11.8. The highest BCUT2D eigenvalue weighted by Gasteiger charge is 2.18. The first-order valence-corrected chi connectivity index (χ1v) is 24.6. The summed E-state index contributed by atoms with van der Waals surface area (Å²) in [6, 6.07) is 52.1. The SMILES string of the molecule is C1=Cc2c(cc3c(-c4ccc(-c5cccc(-c6cc(-c7ccc8ccccc8c7)nc(-c7ccc8ccccc8c7)n6)c5)cc4)nc4c(n23)=CCCC=4)CC1.CC.CC.CC.CC.CS. The smallest absolute Gasteiger partial charge is 0.160 e. The molecule has 6 aromatic carbocycles. The molecule has 0 aliphatic heterocycles. The lowest BCUT2D eigenvalue weighted by Crippen LogP contribution is -2.37. The van der Waals surface area contributed by atoms with Crippen LogP contribution < -0.4 is 10.7 Å². The minimum atomic E-state index is 0.711. The van der Waals surface area contributed by atoms with Gasteiger partial charge in [-0.1, -0.05) is 189 Å². The van der Waals surface area contributed by atoms with Gasteiger partial charge in [0.15, 0.2) is 5.82 Å². The number of hydrogen-bond acceptors (Lipinski definition) is 4. The van der Waals surface area contributed by atoms with Crippen LogP contribution in [0.25, 0.3) is 102 Å². The number of rotatable bonds is 5. The molecule has 0 amide bonds. The van der Waals surface area contributed by atoms with Gasteiger partial charge in [-0.2, -0.15) is 12.6 Å². The zero-order valence-corrected chi connectivity index (χ0v) is 40.6. The van der Waals surface area contributed by atoms with Crippen molar-refractivity contribution in [2.75, 3.05) is 6.26 Å². The van der Waals surface area contributed by atoms with E-state index < -0.39 is 0 Å². The molecule has 2 aliphatic carbocycles. The van der Waals surface area contributed by atoms with Gasteiger partial charge >= 0.3 is 0 Å². The maximum Gasteiger partial charge on any atom is 0.160 e. The van der Waals surface area contributed by atoms with Gasteiger partial charge < -0.3 is 4.40 Å². The van der Waals surface area contributed by atoms with Crippen molar-refractivity contribution < 1.29 is 0 Å². The second-order valence-corrected chi connectivity index (χ2v) is 14.7. The lowest BCUT2D eigenvalue weighted by molar-refractivity contribution is 0.944. The summed E-state index contributed by atoms with van der Waals surface area (Å²) in [4.78, 5) is 15.7. The second-order valence-electron chi connectivity index (χ2n) is 14.7. The first-order valence-electron chi connectivity index (χ1n) is 23.7. The summed E-state index contributed by atoms with van der Waals surface area (Å²) in [5.74, 6) is 0.711. The van der Waals surface area contributed by atoms with Gasteiger partial charge in [-0.15, -0.1) is 0 Å². The highest BCUT2D eigenvalue weighted by molar-refractivity contribution is 7.79. The van der Waals surface area contributed by atoms with Gasteiger partial charge in [0.05, 0.1) is 33.3 Å². The average molecular weight is 873 g/mol. The van der Waals surface area contributed by atoms with Crippen molar-refractivity contribution in [1.82, 2.24) is 19.4 Å². The van der Waals surface area contributed by atoms with E-state index in [4.69, 9.17) is 15.0 Å². The molecule has 3 heterocycles. The van der Waals surface area contributed by atoms with Crippen LogP contribution >= 0.6 is 12.6 Å². The van der Waals surface area contributed by atoms with E-state index >= 15 is 0 Å². The maximum atomic E-state index is 5.27. The highest BCUT2D eigenvalue weighted by atomic mass is 32.1. The van der Waals surface area contributed by atoms with E-state index in [2.05, 4.69) is 187 Å². The Kier molecular flexibility index (Phi) is 17.2. The fourth-order valence-electron chi connectivity index (χ4n) is 8.40. The predicted molar refractivity (Wildman–Crippen MR) is 288 cm³/mol. The van der Waals surface area contributed by atoms with Crippen LogP contribution in [0.3, 0.4) is 0 Å². The van der Waals surface area contributed by atoms with E-state index in [1.54, 1.807) is 6.26 Å². The van der Waals surface area contributed by atoms with Crippen LogP contribution in [-0.4, -0.2) is 25.6 Å². The summed E-state index contributed by atoms with van der Waals surface area (Å²) < 4.78 is 2.44. The molecule has 0 unspecified atom stereocenters. The molecular weight excluding hydrogens is 809 g/mol. The molecule has 4 nitrogen and oxygen atoms in total. The van der Waals surface area contributed by atoms with Gasteiger partial charge in [-0.05, 0) is 107 Å². The number of hydrogen-bond donors (Lipinski definition) is 1. The number of thiol groups is 1. The van der Waals surface area contributed by atoms with Crippen LogP contribution in [0.15, 0.2) is 152 Å². The monoisotopic (exact) mass is 872 g/mol. The Bertz CT molecular complexity index is 3060. The molecule has 5 heteroatoms. The van der Waals surface area contributed by atoms with Gasteiger partial charge in [0.25, 0.3) is 0 Å². The van der Waals surface area contributed by atoms with Gasteiger partial charge in [0, 0.05) is 27.9 Å². The maximum absolute atomic E-state index is 5.27. The van der Waals surface area contributed by atoms with E-state index in [1.807, 2.05) is 55.4 Å². The second kappa shape index (κ2) is 23.4. The summed E-state index contributed by atoms with van der Waals surface area (Å²) in [5, 5.41) is 7.08. The van der Waals surface area contributed by atoms with Crippen molar-refractivity contribution in [2.45, 2.75) is 81.1 Å². The Morgan fingerprint density at radius 3 is 1.65 bits per heavy atom. The standard InChI is InChI=1S/C51H36N4.4C2H6.CH4S/c1-3-12-37-29-41(26-22-33(37)10-1)46-32-45(53-51(54-46)43-27-23-34-11-2-4-13-38(34)30-43)40-16-9-15-39(28-40)35-20-24-36(25-21-35)50-49-31-42-14-5-7-18-47(42)55(49)48-19-8-6-17-44(48)52-50;5*1-2/h1-4,7,9-13,15-32H,5-6,8,14H2;4*1-2H3;2H,1H3. The number of nitrogens with zero attached hydrogens (tertiary/aromatic N) is 4. The summed E-state index contributed by atoms with van der Waals surface area (Å²) >= 11 is 3.53. The Balaban J connectivity index is 0.000000658. The topological polar surface area (TPSA) is 43.1 Å². The summed E-state index contributed by atoms with van der Waals surface area (Å²) in [7, 11) is 0. The minimum absolute atomic E-state index is 0.711. The molecule has 0 fully saturated rings. The fourth-order valence-corrected chi connectivity index (χ4v) is 8.40. The minimum Gasteiger partial charge on any atom is -0.306 e. The molecular formula is C60H64N4S. The molecule has 3 aromatic heterocycles. The average Bonchev–Trinajstić information content (AvgIpc) is 3.81. The number of fused-ring (bicyclic) bond motifs is 7. The molecule has 0 radical (unpaired) electrons. The molecule has 65 heavy (non-hydrogen) atoms. The highest BCUT2D eigenvalue weighted by Crippen LogP contribution is 2.34. The van der Waals surface area contributed by atoms with Crippen molar-refractivity contribution in [1.29, 1.82) is 0 Å². The molecule has 0 saturated carbocycles. The first kappa shape index (κ1) is 47.9. The largest absolute Gasteiger partial charge is 0.306 e. The van der Waals surface area contributed by atoms with Gasteiger partial charge in [-0.3, -0.25) is 0 Å². The van der Waals surface area contributed by atoms with E-state index in [0.29, 0.717) is 5.82 Å². The molecule has 0 atom stereocenters. The number of allylic oxidation sites excluding steroid dienone is 1. The predicted octanol–water partition coefficient (Wildman–Crippen LogP) is 15.7. The van der Waals surface area contributed by atoms with E-state index in [9.17, 15) is 0 Å². The van der Waals surface area contributed by atoms with Crippen LogP contribution in [0.1, 0.15) is 85.9 Å². The van der Waals surface area contributed by atoms with Crippen molar-refractivity contribution in [3.63, 3.8) is 0 Å². The van der Waals surface area contributed by atoms with Gasteiger partial charge in [0.1, 0.15) is 0 Å². The molecule has 0 bridgehead atoms. The number of benzene rings is 6. The first-order chi connectivity index (χ1) is 32.2. The number of aromatic nitrogens is 4. The third-order valence-electron chi connectivity index (χ3n) is 11.2. The molecule has 11 rings (SSSR count). The summed E-state index contributed by atoms with van der Waals surface area (Å²) in [6.45, 7) is 16.0. The quantitative estimate of drug-likeness (QED) is 0.175.